The summed E-state index contributed by atoms with van der Waals surface area (Å²) in [5.41, 5.74) is 1.63. The summed E-state index contributed by atoms with van der Waals surface area (Å²) in [6, 6.07) is 9.03. The zero-order chi connectivity index (χ0) is 20.8. The van der Waals surface area contributed by atoms with Crippen LogP contribution in [0.15, 0.2) is 36.4 Å². The van der Waals surface area contributed by atoms with Gasteiger partial charge >= 0.3 is 0 Å². The largest absolute Gasteiger partial charge is 0.493 e. The lowest BCUT2D eigenvalue weighted by Gasteiger charge is -2.20. The molecule has 0 saturated carbocycles. The predicted octanol–water partition coefficient (Wildman–Crippen LogP) is 3.37. The summed E-state index contributed by atoms with van der Waals surface area (Å²) < 4.78 is 27.2. The number of methoxy groups -OCH3 is 3. The number of rotatable bonds is 7. The van der Waals surface area contributed by atoms with Crippen molar-refractivity contribution in [3.8, 4) is 28.7 Å². The molecule has 0 bridgehead atoms. The Kier molecular flexibility index (Phi) is 6.49. The first-order chi connectivity index (χ1) is 14.1. The number of amides is 1. The zero-order valence-corrected chi connectivity index (χ0v) is 17.0. The van der Waals surface area contributed by atoms with Crippen molar-refractivity contribution in [2.75, 3.05) is 34.5 Å². The first-order valence-electron chi connectivity index (χ1n) is 9.24. The average molecular weight is 399 g/mol. The smallest absolute Gasteiger partial charge is 0.244 e. The van der Waals surface area contributed by atoms with E-state index in [1.54, 1.807) is 32.4 Å². The minimum atomic E-state index is -0.232. The second kappa shape index (κ2) is 9.23. The van der Waals surface area contributed by atoms with E-state index >= 15 is 0 Å². The van der Waals surface area contributed by atoms with Gasteiger partial charge in [0.15, 0.2) is 23.0 Å². The number of ether oxygens (including phenoxy) is 5. The van der Waals surface area contributed by atoms with Crippen LogP contribution >= 0.6 is 0 Å². The van der Waals surface area contributed by atoms with Gasteiger partial charge in [0.25, 0.3) is 0 Å². The molecule has 1 N–H and O–H groups in total. The quantitative estimate of drug-likeness (QED) is 0.720. The van der Waals surface area contributed by atoms with Gasteiger partial charge in [-0.2, -0.15) is 0 Å². The molecule has 1 unspecified atom stereocenters. The lowest BCUT2D eigenvalue weighted by Crippen LogP contribution is -2.25. The van der Waals surface area contributed by atoms with Gasteiger partial charge in [-0.05, 0) is 42.8 Å². The fourth-order valence-electron chi connectivity index (χ4n) is 3.10. The predicted molar refractivity (Wildman–Crippen MR) is 109 cm³/mol. The van der Waals surface area contributed by atoms with Crippen molar-refractivity contribution in [1.29, 1.82) is 0 Å². The normalized spacial score (nSPS) is 13.7. The topological polar surface area (TPSA) is 75.3 Å². The number of carbonyl (C=O) groups is 1. The maximum absolute atomic E-state index is 12.4. The van der Waals surface area contributed by atoms with E-state index in [1.165, 1.54) is 13.2 Å². The monoisotopic (exact) mass is 399 g/mol. The number of hydrogen-bond donors (Lipinski definition) is 1. The molecule has 0 aliphatic carbocycles. The van der Waals surface area contributed by atoms with Crippen LogP contribution in [0.2, 0.25) is 0 Å². The molecule has 154 valence electrons. The third-order valence-electron chi connectivity index (χ3n) is 4.57. The van der Waals surface area contributed by atoms with Gasteiger partial charge in [-0.15, -0.1) is 0 Å². The van der Waals surface area contributed by atoms with Crippen LogP contribution in [0.4, 0.5) is 0 Å². The number of carbonyl (C=O) groups excluding carboxylic acids is 1. The number of fused-ring (bicyclic) bond motifs is 1. The van der Waals surface area contributed by atoms with Gasteiger partial charge in [-0.1, -0.05) is 6.07 Å². The summed E-state index contributed by atoms with van der Waals surface area (Å²) in [4.78, 5) is 12.4. The van der Waals surface area contributed by atoms with Gasteiger partial charge in [-0.3, -0.25) is 4.79 Å². The first kappa shape index (κ1) is 20.4. The van der Waals surface area contributed by atoms with Crippen molar-refractivity contribution < 1.29 is 28.5 Å². The summed E-state index contributed by atoms with van der Waals surface area (Å²) in [6.45, 7) is 2.98. The summed E-state index contributed by atoms with van der Waals surface area (Å²) in [5.74, 6) is 2.71. The van der Waals surface area contributed by atoms with Gasteiger partial charge in [-0.25, -0.2) is 0 Å². The van der Waals surface area contributed by atoms with Gasteiger partial charge in [0.2, 0.25) is 11.7 Å². The minimum absolute atomic E-state index is 0.199. The van der Waals surface area contributed by atoms with Crippen LogP contribution in [0, 0.1) is 0 Å². The third-order valence-corrected chi connectivity index (χ3v) is 4.57. The minimum Gasteiger partial charge on any atom is -0.493 e. The van der Waals surface area contributed by atoms with E-state index in [0.29, 0.717) is 41.8 Å². The van der Waals surface area contributed by atoms with Gasteiger partial charge in [0.05, 0.1) is 27.4 Å². The number of benzene rings is 2. The summed E-state index contributed by atoms with van der Waals surface area (Å²) >= 11 is 0. The van der Waals surface area contributed by atoms with E-state index in [1.807, 2.05) is 25.1 Å². The second-order valence-corrected chi connectivity index (χ2v) is 6.39. The second-order valence-electron chi connectivity index (χ2n) is 6.39. The van der Waals surface area contributed by atoms with Gasteiger partial charge < -0.3 is 29.0 Å². The van der Waals surface area contributed by atoms with Crippen LogP contribution < -0.4 is 29.0 Å². The molecule has 2 aromatic carbocycles. The first-order valence-corrected chi connectivity index (χ1v) is 9.24. The van der Waals surface area contributed by atoms with Crippen molar-refractivity contribution in [3.05, 3.63) is 47.5 Å². The highest BCUT2D eigenvalue weighted by Crippen LogP contribution is 2.40. The lowest BCUT2D eigenvalue weighted by molar-refractivity contribution is -0.117. The van der Waals surface area contributed by atoms with E-state index in [-0.39, 0.29) is 11.9 Å². The Labute approximate surface area is 170 Å². The molecule has 29 heavy (non-hydrogen) atoms. The van der Waals surface area contributed by atoms with Crippen molar-refractivity contribution in [2.24, 2.45) is 0 Å². The molecular formula is C22H25NO6. The Morgan fingerprint density at radius 1 is 1.00 bits per heavy atom. The van der Waals surface area contributed by atoms with Crippen molar-refractivity contribution in [1.82, 2.24) is 5.32 Å². The van der Waals surface area contributed by atoms with Crippen LogP contribution in [-0.4, -0.2) is 40.5 Å². The molecule has 0 saturated heterocycles. The molecule has 1 aliphatic heterocycles. The molecule has 0 aromatic heterocycles. The Morgan fingerprint density at radius 3 is 2.41 bits per heavy atom. The van der Waals surface area contributed by atoms with Crippen molar-refractivity contribution in [2.45, 2.75) is 13.0 Å². The standard InChI is InChI=1S/C22H25NO6/c1-14(16-6-8-17-19(13-16)29-12-11-28-17)23-20(24)10-7-15-5-9-18(25-2)22(27-4)21(15)26-3/h5-10,13-14H,11-12H2,1-4H3,(H,23,24)/b10-7+. The van der Waals surface area contributed by atoms with Crippen LogP contribution in [0.25, 0.3) is 6.08 Å². The Bertz CT molecular complexity index is 908. The van der Waals surface area contributed by atoms with Gasteiger partial charge in [0, 0.05) is 11.6 Å². The van der Waals surface area contributed by atoms with E-state index in [2.05, 4.69) is 5.32 Å². The fourth-order valence-corrected chi connectivity index (χ4v) is 3.10. The number of nitrogens with one attached hydrogen (secondary N) is 1. The van der Waals surface area contributed by atoms with Crippen molar-refractivity contribution >= 4 is 12.0 Å². The van der Waals surface area contributed by atoms with E-state index in [9.17, 15) is 4.79 Å². The molecule has 1 atom stereocenters. The maximum atomic E-state index is 12.4. The molecule has 1 amide bonds. The molecule has 1 heterocycles. The van der Waals surface area contributed by atoms with Crippen molar-refractivity contribution in [3.63, 3.8) is 0 Å². The van der Waals surface area contributed by atoms with Crippen LogP contribution in [0.3, 0.4) is 0 Å². The molecule has 2 aromatic rings. The zero-order valence-electron chi connectivity index (χ0n) is 17.0. The molecule has 0 radical (unpaired) electrons. The molecule has 1 aliphatic rings. The van der Waals surface area contributed by atoms with Crippen LogP contribution in [0.1, 0.15) is 24.1 Å². The maximum Gasteiger partial charge on any atom is 0.244 e. The Morgan fingerprint density at radius 2 is 1.72 bits per heavy atom. The van der Waals surface area contributed by atoms with Gasteiger partial charge in [0.1, 0.15) is 13.2 Å². The molecule has 0 spiro atoms. The molecule has 3 rings (SSSR count). The SMILES string of the molecule is COc1ccc(/C=C/C(=O)NC(C)c2ccc3c(c2)OCCO3)c(OC)c1OC. The molecule has 7 nitrogen and oxygen atoms in total. The highest BCUT2D eigenvalue weighted by Gasteiger charge is 2.16. The fraction of sp³-hybridized carbons (Fsp3) is 0.318. The summed E-state index contributed by atoms with van der Waals surface area (Å²) in [5, 5.41) is 2.94. The van der Waals surface area contributed by atoms with E-state index < -0.39 is 0 Å². The Balaban J connectivity index is 1.71. The molecular weight excluding hydrogens is 374 g/mol. The summed E-state index contributed by atoms with van der Waals surface area (Å²) in [6.07, 6.45) is 3.13. The Hall–Kier alpha value is -3.35. The summed E-state index contributed by atoms with van der Waals surface area (Å²) in [7, 11) is 4.63. The van der Waals surface area contributed by atoms with Crippen LogP contribution in [0.5, 0.6) is 28.7 Å². The van der Waals surface area contributed by atoms with E-state index in [0.717, 1.165) is 11.3 Å². The third kappa shape index (κ3) is 4.56. The highest BCUT2D eigenvalue weighted by molar-refractivity contribution is 5.92. The highest BCUT2D eigenvalue weighted by atomic mass is 16.6. The molecule has 7 heteroatoms. The van der Waals surface area contributed by atoms with Crippen LogP contribution in [-0.2, 0) is 4.79 Å². The van der Waals surface area contributed by atoms with E-state index in [4.69, 9.17) is 23.7 Å². The lowest BCUT2D eigenvalue weighted by atomic mass is 10.1. The number of hydrogen-bond acceptors (Lipinski definition) is 6. The molecule has 0 fully saturated rings. The average Bonchev–Trinajstić information content (AvgIpc) is 2.76.